The number of hydrogen-bond acceptors (Lipinski definition) is 4. The van der Waals surface area contributed by atoms with E-state index in [0.717, 1.165) is 36.6 Å². The Bertz CT molecular complexity index is 843. The molecule has 1 amide bonds. The van der Waals surface area contributed by atoms with Gasteiger partial charge in [-0.05, 0) is 42.5 Å². The maximum absolute atomic E-state index is 12.4. The van der Waals surface area contributed by atoms with E-state index in [1.807, 2.05) is 18.2 Å². The summed E-state index contributed by atoms with van der Waals surface area (Å²) in [6, 6.07) is 13.7. The Balaban J connectivity index is 1.26. The third-order valence-electron chi connectivity index (χ3n) is 5.35. The molecule has 2 aromatic rings. The molecule has 154 valence electrons. The minimum atomic E-state index is 0.0455. The van der Waals surface area contributed by atoms with Crippen LogP contribution in [0.2, 0.25) is 5.02 Å². The third-order valence-corrected chi connectivity index (χ3v) is 5.60. The molecule has 1 unspecified atom stereocenters. The Kier molecular flexibility index (Phi) is 6.42. The Morgan fingerprint density at radius 2 is 1.93 bits per heavy atom. The van der Waals surface area contributed by atoms with E-state index in [1.54, 1.807) is 12.1 Å². The van der Waals surface area contributed by atoms with Crippen LogP contribution < -0.4 is 24.4 Å². The van der Waals surface area contributed by atoms with E-state index in [2.05, 4.69) is 17.4 Å². The average molecular weight is 418 g/mol. The molecule has 7 heteroatoms. The summed E-state index contributed by atoms with van der Waals surface area (Å²) in [6.07, 6.45) is 2.18. The van der Waals surface area contributed by atoms with E-state index >= 15 is 0 Å². The molecule has 1 fully saturated rings. The first-order valence-corrected chi connectivity index (χ1v) is 10.5. The average Bonchev–Trinajstić information content (AvgIpc) is 3.20. The Morgan fingerprint density at radius 1 is 1.14 bits per heavy atom. The van der Waals surface area contributed by atoms with Gasteiger partial charge in [0.2, 0.25) is 0 Å². The lowest BCUT2D eigenvalue weighted by atomic mass is 10.0. The van der Waals surface area contributed by atoms with Crippen molar-refractivity contribution in [2.45, 2.75) is 18.9 Å². The fourth-order valence-electron chi connectivity index (χ4n) is 3.96. The van der Waals surface area contributed by atoms with Gasteiger partial charge in [-0.2, -0.15) is 0 Å². The van der Waals surface area contributed by atoms with Crippen molar-refractivity contribution in [3.05, 3.63) is 53.1 Å². The highest BCUT2D eigenvalue weighted by Gasteiger charge is 2.32. The van der Waals surface area contributed by atoms with Gasteiger partial charge in [-0.25, -0.2) is 0 Å². The molecule has 2 aliphatic rings. The summed E-state index contributed by atoms with van der Waals surface area (Å²) >= 11 is 5.86. The first-order valence-electron chi connectivity index (χ1n) is 10.1. The third kappa shape index (κ3) is 5.14. The minimum absolute atomic E-state index is 0.0455. The number of hydrogen-bond donors (Lipinski definition) is 2. The first kappa shape index (κ1) is 19.9. The van der Waals surface area contributed by atoms with Gasteiger partial charge in [0.1, 0.15) is 31.6 Å². The minimum Gasteiger partial charge on any atom is -0.492 e. The molecule has 2 atom stereocenters. The van der Waals surface area contributed by atoms with Crippen molar-refractivity contribution in [2.75, 3.05) is 39.5 Å². The standard InChI is InChI=1S/C22H25ClN2O4/c23-17-4-6-18(7-5-17)27-11-9-24-22(26)15-25-10-1-2-19(25)16-3-8-20-21(14-16)29-13-12-28-20/h3-8,14,19H,1-2,9-13,15H2,(H,24,26)/p+1/t19-/m1/s1. The van der Waals surface area contributed by atoms with Crippen molar-refractivity contribution in [1.82, 2.24) is 5.32 Å². The summed E-state index contributed by atoms with van der Waals surface area (Å²) in [6.45, 7) is 3.53. The maximum atomic E-state index is 12.4. The molecule has 2 aliphatic heterocycles. The monoisotopic (exact) mass is 417 g/mol. The zero-order chi connectivity index (χ0) is 20.1. The molecule has 0 aromatic heterocycles. The quantitative estimate of drug-likeness (QED) is 0.677. The molecule has 4 rings (SSSR count). The molecule has 0 saturated carbocycles. The molecular formula is C22H26ClN2O4+. The van der Waals surface area contributed by atoms with Crippen molar-refractivity contribution < 1.29 is 23.9 Å². The molecule has 0 radical (unpaired) electrons. The number of likely N-dealkylation sites (tertiary alicyclic amines) is 1. The van der Waals surface area contributed by atoms with Crippen LogP contribution in [0.5, 0.6) is 17.2 Å². The van der Waals surface area contributed by atoms with Crippen LogP contribution in [0.4, 0.5) is 0 Å². The van der Waals surface area contributed by atoms with Gasteiger partial charge in [0.15, 0.2) is 18.0 Å². The fourth-order valence-corrected chi connectivity index (χ4v) is 4.09. The number of quaternary nitrogens is 1. The highest BCUT2D eigenvalue weighted by molar-refractivity contribution is 6.30. The number of carbonyl (C=O) groups excluding carboxylic acids is 1. The lowest BCUT2D eigenvalue weighted by Crippen LogP contribution is -3.11. The number of nitrogens with one attached hydrogen (secondary N) is 2. The van der Waals surface area contributed by atoms with Crippen LogP contribution in [0.15, 0.2) is 42.5 Å². The van der Waals surface area contributed by atoms with E-state index in [-0.39, 0.29) is 5.91 Å². The molecule has 2 aromatic carbocycles. The molecule has 0 spiro atoms. The van der Waals surface area contributed by atoms with Gasteiger partial charge in [0.25, 0.3) is 5.91 Å². The number of amides is 1. The predicted molar refractivity (Wildman–Crippen MR) is 110 cm³/mol. The SMILES string of the molecule is O=C(C[NH+]1CCC[C@@H]1c1ccc2c(c1)OCCO2)NCCOc1ccc(Cl)cc1. The lowest BCUT2D eigenvalue weighted by Gasteiger charge is -2.24. The van der Waals surface area contributed by atoms with E-state index in [4.69, 9.17) is 25.8 Å². The Morgan fingerprint density at radius 3 is 2.76 bits per heavy atom. The largest absolute Gasteiger partial charge is 0.492 e. The van der Waals surface area contributed by atoms with Crippen molar-refractivity contribution in [3.63, 3.8) is 0 Å². The maximum Gasteiger partial charge on any atom is 0.275 e. The van der Waals surface area contributed by atoms with Gasteiger partial charge in [-0.1, -0.05) is 11.6 Å². The number of benzene rings is 2. The predicted octanol–water partition coefficient (Wildman–Crippen LogP) is 2.03. The molecule has 6 nitrogen and oxygen atoms in total. The highest BCUT2D eigenvalue weighted by atomic mass is 35.5. The molecule has 2 N–H and O–H groups in total. The van der Waals surface area contributed by atoms with Gasteiger partial charge >= 0.3 is 0 Å². The van der Waals surface area contributed by atoms with E-state index in [1.165, 1.54) is 10.5 Å². The van der Waals surface area contributed by atoms with Crippen molar-refractivity contribution in [1.29, 1.82) is 0 Å². The summed E-state index contributed by atoms with van der Waals surface area (Å²) < 4.78 is 16.9. The van der Waals surface area contributed by atoms with Crippen LogP contribution in [-0.2, 0) is 4.79 Å². The summed E-state index contributed by atoms with van der Waals surface area (Å²) in [5.41, 5.74) is 1.21. The summed E-state index contributed by atoms with van der Waals surface area (Å²) in [7, 11) is 0. The van der Waals surface area contributed by atoms with Gasteiger partial charge in [0, 0.05) is 23.4 Å². The summed E-state index contributed by atoms with van der Waals surface area (Å²) in [4.78, 5) is 13.7. The van der Waals surface area contributed by atoms with Crippen LogP contribution >= 0.6 is 11.6 Å². The van der Waals surface area contributed by atoms with Crippen LogP contribution in [-0.4, -0.2) is 45.4 Å². The molecule has 2 heterocycles. The number of halogens is 1. The van der Waals surface area contributed by atoms with Crippen LogP contribution in [0.3, 0.4) is 0 Å². The number of rotatable bonds is 7. The van der Waals surface area contributed by atoms with Crippen LogP contribution in [0, 0.1) is 0 Å². The van der Waals surface area contributed by atoms with Crippen molar-refractivity contribution in [3.8, 4) is 17.2 Å². The smallest absolute Gasteiger partial charge is 0.275 e. The van der Waals surface area contributed by atoms with Crippen LogP contribution in [0.25, 0.3) is 0 Å². The van der Waals surface area contributed by atoms with E-state index in [9.17, 15) is 4.79 Å². The van der Waals surface area contributed by atoms with Gasteiger partial charge in [-0.15, -0.1) is 0 Å². The first-order chi connectivity index (χ1) is 14.2. The zero-order valence-corrected chi connectivity index (χ0v) is 17.0. The number of ether oxygens (including phenoxy) is 3. The molecule has 1 saturated heterocycles. The van der Waals surface area contributed by atoms with Crippen LogP contribution in [0.1, 0.15) is 24.4 Å². The normalized spacial score (nSPS) is 20.3. The van der Waals surface area contributed by atoms with Crippen molar-refractivity contribution in [2.24, 2.45) is 0 Å². The Hall–Kier alpha value is -2.44. The van der Waals surface area contributed by atoms with E-state index < -0.39 is 0 Å². The van der Waals surface area contributed by atoms with Gasteiger partial charge in [-0.3, -0.25) is 4.79 Å². The number of fused-ring (bicyclic) bond motifs is 1. The summed E-state index contributed by atoms with van der Waals surface area (Å²) in [5.74, 6) is 2.40. The fraction of sp³-hybridized carbons (Fsp3) is 0.409. The van der Waals surface area contributed by atoms with Crippen molar-refractivity contribution >= 4 is 17.5 Å². The van der Waals surface area contributed by atoms with Gasteiger partial charge in [0.05, 0.1) is 13.1 Å². The summed E-state index contributed by atoms with van der Waals surface area (Å²) in [5, 5.41) is 3.63. The zero-order valence-electron chi connectivity index (χ0n) is 16.3. The second kappa shape index (κ2) is 9.37. The van der Waals surface area contributed by atoms with E-state index in [0.29, 0.717) is 44.0 Å². The molecule has 0 aliphatic carbocycles. The Labute approximate surface area is 175 Å². The lowest BCUT2D eigenvalue weighted by molar-refractivity contribution is -0.910. The molecular weight excluding hydrogens is 392 g/mol. The highest BCUT2D eigenvalue weighted by Crippen LogP contribution is 2.33. The van der Waals surface area contributed by atoms with Gasteiger partial charge < -0.3 is 24.4 Å². The molecule has 0 bridgehead atoms. The second-order valence-electron chi connectivity index (χ2n) is 7.34. The second-order valence-corrected chi connectivity index (χ2v) is 7.77. The number of carbonyl (C=O) groups is 1. The topological polar surface area (TPSA) is 61.2 Å². The molecule has 29 heavy (non-hydrogen) atoms.